The van der Waals surface area contributed by atoms with Gasteiger partial charge in [-0.2, -0.15) is 0 Å². The second-order valence-corrected chi connectivity index (χ2v) is 5.16. The van der Waals surface area contributed by atoms with E-state index in [4.69, 9.17) is 9.52 Å². The van der Waals surface area contributed by atoms with Crippen LogP contribution >= 0.6 is 0 Å². The lowest BCUT2D eigenvalue weighted by atomic mass is 10.2. The van der Waals surface area contributed by atoms with Gasteiger partial charge in [0.1, 0.15) is 6.54 Å². The van der Waals surface area contributed by atoms with Crippen LogP contribution in [0.1, 0.15) is 54.7 Å². The summed E-state index contributed by atoms with van der Waals surface area (Å²) in [6.07, 6.45) is 2.08. The van der Waals surface area contributed by atoms with Crippen molar-refractivity contribution < 1.29 is 19.1 Å². The van der Waals surface area contributed by atoms with E-state index >= 15 is 0 Å². The number of carboxylic acid groups (broad SMARTS) is 1. The van der Waals surface area contributed by atoms with Gasteiger partial charge in [-0.15, -0.1) is 0 Å². The largest absolute Gasteiger partial charge is 0.480 e. The zero-order valence-corrected chi connectivity index (χ0v) is 11.3. The molecule has 2 rings (SSSR count). The molecule has 1 aromatic rings. The minimum atomic E-state index is -1.04. The molecule has 0 unspecified atom stereocenters. The molecule has 104 valence electrons. The Morgan fingerprint density at radius 3 is 2.58 bits per heavy atom. The van der Waals surface area contributed by atoms with E-state index in [0.717, 1.165) is 12.8 Å². The summed E-state index contributed by atoms with van der Waals surface area (Å²) in [5.41, 5.74) is 0.530. The van der Waals surface area contributed by atoms with E-state index < -0.39 is 11.9 Å². The minimum absolute atomic E-state index is 0.164. The number of oxazole rings is 1. The van der Waals surface area contributed by atoms with Gasteiger partial charge in [-0.1, -0.05) is 0 Å². The highest BCUT2D eigenvalue weighted by atomic mass is 16.4. The first-order chi connectivity index (χ1) is 8.90. The Balaban J connectivity index is 2.22. The van der Waals surface area contributed by atoms with Crippen LogP contribution in [0.5, 0.6) is 0 Å². The molecule has 1 heterocycles. The number of aryl methyl sites for hydroxylation is 1. The van der Waals surface area contributed by atoms with Crippen LogP contribution in [0.25, 0.3) is 0 Å². The Morgan fingerprint density at radius 1 is 1.47 bits per heavy atom. The van der Waals surface area contributed by atoms with Gasteiger partial charge in [-0.3, -0.25) is 9.59 Å². The molecule has 6 heteroatoms. The lowest BCUT2D eigenvalue weighted by molar-refractivity contribution is -0.138. The van der Waals surface area contributed by atoms with Crippen LogP contribution in [0.4, 0.5) is 0 Å². The summed E-state index contributed by atoms with van der Waals surface area (Å²) in [6, 6.07) is -0.211. The Hall–Kier alpha value is -1.85. The third-order valence-electron chi connectivity index (χ3n) is 3.12. The number of nitrogens with zero attached hydrogens (tertiary/aromatic N) is 2. The predicted molar refractivity (Wildman–Crippen MR) is 67.0 cm³/mol. The summed E-state index contributed by atoms with van der Waals surface area (Å²) >= 11 is 0. The normalized spacial score (nSPS) is 14.7. The smallest absolute Gasteiger partial charge is 0.323 e. The molecular formula is C13H18N2O4. The number of hydrogen-bond acceptors (Lipinski definition) is 4. The number of carboxylic acids is 1. The lowest BCUT2D eigenvalue weighted by Crippen LogP contribution is -2.40. The minimum Gasteiger partial charge on any atom is -0.480 e. The van der Waals surface area contributed by atoms with Gasteiger partial charge in [0.05, 0.1) is 5.69 Å². The van der Waals surface area contributed by atoms with Gasteiger partial charge >= 0.3 is 5.97 Å². The number of hydrogen-bond donors (Lipinski definition) is 1. The van der Waals surface area contributed by atoms with Gasteiger partial charge in [0.25, 0.3) is 5.91 Å². The maximum absolute atomic E-state index is 12.3. The second-order valence-electron chi connectivity index (χ2n) is 5.16. The van der Waals surface area contributed by atoms with E-state index in [2.05, 4.69) is 4.98 Å². The average Bonchev–Trinajstić information content (AvgIpc) is 3.08. The Kier molecular flexibility index (Phi) is 3.59. The van der Waals surface area contributed by atoms with Crippen LogP contribution in [-0.2, 0) is 4.79 Å². The highest BCUT2D eigenvalue weighted by Crippen LogP contribution is 2.40. The molecule has 1 aliphatic carbocycles. The zero-order valence-electron chi connectivity index (χ0n) is 11.3. The molecule has 1 aromatic heterocycles. The molecule has 1 N–H and O–H groups in total. The van der Waals surface area contributed by atoms with Crippen LogP contribution in [0.15, 0.2) is 4.42 Å². The van der Waals surface area contributed by atoms with Crippen molar-refractivity contribution in [3.05, 3.63) is 17.3 Å². The van der Waals surface area contributed by atoms with Crippen molar-refractivity contribution in [2.45, 2.75) is 45.6 Å². The Morgan fingerprint density at radius 2 is 2.11 bits per heavy atom. The van der Waals surface area contributed by atoms with Crippen molar-refractivity contribution in [3.63, 3.8) is 0 Å². The lowest BCUT2D eigenvalue weighted by Gasteiger charge is -2.23. The number of carbonyl (C=O) groups is 2. The Labute approximate surface area is 111 Å². The summed E-state index contributed by atoms with van der Waals surface area (Å²) in [7, 11) is 0. The van der Waals surface area contributed by atoms with Crippen LogP contribution in [-0.4, -0.2) is 39.5 Å². The first-order valence-electron chi connectivity index (χ1n) is 6.40. The van der Waals surface area contributed by atoms with Crippen molar-refractivity contribution in [2.75, 3.05) is 6.54 Å². The summed E-state index contributed by atoms with van der Waals surface area (Å²) in [5, 5.41) is 8.86. The van der Waals surface area contributed by atoms with E-state index in [9.17, 15) is 9.59 Å². The molecule has 1 aliphatic rings. The van der Waals surface area contributed by atoms with E-state index in [0.29, 0.717) is 17.5 Å². The monoisotopic (exact) mass is 266 g/mol. The number of aromatic nitrogens is 1. The van der Waals surface area contributed by atoms with Crippen LogP contribution in [0.3, 0.4) is 0 Å². The Bertz CT molecular complexity index is 503. The molecular weight excluding hydrogens is 248 g/mol. The molecule has 1 saturated carbocycles. The number of amides is 1. The molecule has 1 fully saturated rings. The van der Waals surface area contributed by atoms with E-state index in [-0.39, 0.29) is 18.3 Å². The highest BCUT2D eigenvalue weighted by molar-refractivity contribution is 5.94. The van der Waals surface area contributed by atoms with Gasteiger partial charge in [-0.25, -0.2) is 4.98 Å². The van der Waals surface area contributed by atoms with Crippen molar-refractivity contribution in [3.8, 4) is 0 Å². The summed E-state index contributed by atoms with van der Waals surface area (Å²) < 4.78 is 5.52. The maximum Gasteiger partial charge on any atom is 0.323 e. The standard InChI is InChI=1S/C13H18N2O4/c1-7(2)15(6-10(16)17)13(18)11-8(3)14-12(19-11)9-4-5-9/h7,9H,4-6H2,1-3H3,(H,16,17). The summed E-state index contributed by atoms with van der Waals surface area (Å²) in [5.74, 6) is -0.361. The van der Waals surface area contributed by atoms with Crippen molar-refractivity contribution in [1.29, 1.82) is 0 Å². The molecule has 0 aliphatic heterocycles. The van der Waals surface area contributed by atoms with Crippen LogP contribution in [0.2, 0.25) is 0 Å². The van der Waals surface area contributed by atoms with Gasteiger partial charge in [0.2, 0.25) is 5.76 Å². The fraction of sp³-hybridized carbons (Fsp3) is 0.615. The molecule has 0 saturated heterocycles. The van der Waals surface area contributed by atoms with E-state index in [1.54, 1.807) is 20.8 Å². The molecule has 1 amide bonds. The quantitative estimate of drug-likeness (QED) is 0.878. The van der Waals surface area contributed by atoms with Crippen LogP contribution < -0.4 is 0 Å². The first kappa shape index (κ1) is 13.6. The average molecular weight is 266 g/mol. The van der Waals surface area contributed by atoms with Crippen LogP contribution in [0, 0.1) is 6.92 Å². The molecule has 0 spiro atoms. The SMILES string of the molecule is Cc1nc(C2CC2)oc1C(=O)N(CC(=O)O)C(C)C. The third kappa shape index (κ3) is 2.94. The predicted octanol–water partition coefficient (Wildman–Crippen LogP) is 1.80. The molecule has 19 heavy (non-hydrogen) atoms. The molecule has 0 atom stereocenters. The number of aliphatic carboxylic acids is 1. The first-order valence-corrected chi connectivity index (χ1v) is 6.40. The van der Waals surface area contributed by atoms with Crippen molar-refractivity contribution in [1.82, 2.24) is 9.88 Å². The maximum atomic E-state index is 12.3. The molecule has 0 radical (unpaired) electrons. The van der Waals surface area contributed by atoms with Gasteiger partial charge in [0, 0.05) is 12.0 Å². The molecule has 0 bridgehead atoms. The zero-order chi connectivity index (χ0) is 14.2. The number of rotatable bonds is 5. The van der Waals surface area contributed by atoms with Gasteiger partial charge < -0.3 is 14.4 Å². The summed E-state index contributed by atoms with van der Waals surface area (Å²) in [6.45, 7) is 4.92. The fourth-order valence-corrected chi connectivity index (χ4v) is 1.89. The van der Waals surface area contributed by atoms with Gasteiger partial charge in [-0.05, 0) is 33.6 Å². The third-order valence-corrected chi connectivity index (χ3v) is 3.12. The van der Waals surface area contributed by atoms with E-state index in [1.807, 2.05) is 0 Å². The number of carbonyl (C=O) groups excluding carboxylic acids is 1. The molecule has 6 nitrogen and oxygen atoms in total. The highest BCUT2D eigenvalue weighted by Gasteiger charge is 2.32. The van der Waals surface area contributed by atoms with Crippen molar-refractivity contribution >= 4 is 11.9 Å². The fourth-order valence-electron chi connectivity index (χ4n) is 1.89. The topological polar surface area (TPSA) is 83.6 Å². The second kappa shape index (κ2) is 5.03. The van der Waals surface area contributed by atoms with Crippen molar-refractivity contribution in [2.24, 2.45) is 0 Å². The van der Waals surface area contributed by atoms with Gasteiger partial charge in [0.15, 0.2) is 5.89 Å². The molecule has 0 aromatic carbocycles. The summed E-state index contributed by atoms with van der Waals surface area (Å²) in [4.78, 5) is 28.7. The van der Waals surface area contributed by atoms with E-state index in [1.165, 1.54) is 4.90 Å².